The SMILES string of the molecule is CN=C(NCc1ccc(N2CCCC2=O)cc1)NCC1CCN(C2CC2)C1. The Labute approximate surface area is 162 Å². The summed E-state index contributed by atoms with van der Waals surface area (Å²) >= 11 is 0. The first-order valence-electron chi connectivity index (χ1n) is 10.3. The highest BCUT2D eigenvalue weighted by Crippen LogP contribution is 2.31. The van der Waals surface area contributed by atoms with Crippen molar-refractivity contribution in [1.82, 2.24) is 15.5 Å². The Morgan fingerprint density at radius 2 is 1.96 bits per heavy atom. The normalized spacial score (nSPS) is 23.9. The van der Waals surface area contributed by atoms with Gasteiger partial charge in [0, 0.05) is 51.4 Å². The lowest BCUT2D eigenvalue weighted by Crippen LogP contribution is -2.40. The second-order valence-electron chi connectivity index (χ2n) is 8.00. The molecule has 0 radical (unpaired) electrons. The van der Waals surface area contributed by atoms with Crippen LogP contribution in [0, 0.1) is 5.92 Å². The minimum Gasteiger partial charge on any atom is -0.356 e. The van der Waals surface area contributed by atoms with Crippen LogP contribution in [0.3, 0.4) is 0 Å². The summed E-state index contributed by atoms with van der Waals surface area (Å²) in [6, 6.07) is 9.14. The third-order valence-corrected chi connectivity index (χ3v) is 5.94. The number of hydrogen-bond acceptors (Lipinski definition) is 3. The topological polar surface area (TPSA) is 60.0 Å². The molecule has 1 atom stereocenters. The van der Waals surface area contributed by atoms with Crippen molar-refractivity contribution >= 4 is 17.6 Å². The van der Waals surface area contributed by atoms with Crippen LogP contribution < -0.4 is 15.5 Å². The summed E-state index contributed by atoms with van der Waals surface area (Å²) in [6.07, 6.45) is 5.72. The highest BCUT2D eigenvalue weighted by molar-refractivity contribution is 5.95. The number of benzene rings is 1. The minimum atomic E-state index is 0.234. The van der Waals surface area contributed by atoms with Crippen molar-refractivity contribution in [3.05, 3.63) is 29.8 Å². The molecule has 0 aromatic heterocycles. The maximum absolute atomic E-state index is 11.8. The lowest BCUT2D eigenvalue weighted by atomic mass is 10.1. The second kappa shape index (κ2) is 8.30. The molecule has 3 fully saturated rings. The summed E-state index contributed by atoms with van der Waals surface area (Å²) in [5, 5.41) is 6.88. The number of aliphatic imine (C=N–C) groups is 1. The van der Waals surface area contributed by atoms with Crippen LogP contribution in [0.1, 0.15) is 37.7 Å². The molecule has 1 saturated carbocycles. The Bertz CT molecular complexity index is 682. The molecule has 3 aliphatic rings. The van der Waals surface area contributed by atoms with Crippen LogP contribution in [0.2, 0.25) is 0 Å². The average molecular weight is 370 g/mol. The molecule has 146 valence electrons. The third-order valence-electron chi connectivity index (χ3n) is 5.94. The Morgan fingerprint density at radius 3 is 2.63 bits per heavy atom. The first kappa shape index (κ1) is 18.3. The van der Waals surface area contributed by atoms with Crippen LogP contribution in [0.4, 0.5) is 5.69 Å². The third kappa shape index (κ3) is 4.61. The molecule has 6 heteroatoms. The standard InChI is InChI=1S/C21H31N5O/c1-22-21(24-14-17-10-12-25(15-17)18-8-9-18)23-13-16-4-6-19(7-5-16)26-11-2-3-20(26)27/h4-7,17-18H,2-3,8-15H2,1H3,(H2,22,23,24). The van der Waals surface area contributed by atoms with Gasteiger partial charge in [0.25, 0.3) is 0 Å². The zero-order valence-corrected chi connectivity index (χ0v) is 16.3. The molecule has 2 N–H and O–H groups in total. The fraction of sp³-hybridized carbons (Fsp3) is 0.619. The maximum atomic E-state index is 11.8. The van der Waals surface area contributed by atoms with E-state index in [1.807, 2.05) is 24.1 Å². The molecule has 1 amide bonds. The molecule has 6 nitrogen and oxygen atoms in total. The van der Waals surface area contributed by atoms with E-state index in [9.17, 15) is 4.79 Å². The van der Waals surface area contributed by atoms with E-state index < -0.39 is 0 Å². The van der Waals surface area contributed by atoms with Crippen LogP contribution in [0.25, 0.3) is 0 Å². The van der Waals surface area contributed by atoms with E-state index in [0.29, 0.717) is 6.42 Å². The number of likely N-dealkylation sites (tertiary alicyclic amines) is 1. The quantitative estimate of drug-likeness (QED) is 0.595. The van der Waals surface area contributed by atoms with Gasteiger partial charge in [0.05, 0.1) is 0 Å². The van der Waals surface area contributed by atoms with Crippen LogP contribution >= 0.6 is 0 Å². The van der Waals surface area contributed by atoms with Crippen LogP contribution in [-0.4, -0.2) is 56.0 Å². The summed E-state index contributed by atoms with van der Waals surface area (Å²) < 4.78 is 0. The predicted octanol–water partition coefficient (Wildman–Crippen LogP) is 1.96. The monoisotopic (exact) mass is 369 g/mol. The van der Waals surface area contributed by atoms with Crippen LogP contribution in [0.15, 0.2) is 29.3 Å². The van der Waals surface area contributed by atoms with Crippen molar-refractivity contribution in [2.24, 2.45) is 10.9 Å². The fourth-order valence-electron chi connectivity index (χ4n) is 4.16. The summed E-state index contributed by atoms with van der Waals surface area (Å²) in [4.78, 5) is 20.7. The fourth-order valence-corrected chi connectivity index (χ4v) is 4.16. The van der Waals surface area contributed by atoms with Gasteiger partial charge in [0.15, 0.2) is 5.96 Å². The van der Waals surface area contributed by atoms with E-state index in [2.05, 4.69) is 32.7 Å². The molecule has 0 spiro atoms. The van der Waals surface area contributed by atoms with Crippen molar-refractivity contribution in [1.29, 1.82) is 0 Å². The van der Waals surface area contributed by atoms with E-state index in [-0.39, 0.29) is 5.91 Å². The number of amides is 1. The summed E-state index contributed by atoms with van der Waals surface area (Å²) in [6.45, 7) is 5.04. The van der Waals surface area contributed by atoms with Gasteiger partial charge in [-0.3, -0.25) is 9.79 Å². The number of rotatable bonds is 6. The Morgan fingerprint density at radius 1 is 1.15 bits per heavy atom. The lowest BCUT2D eigenvalue weighted by Gasteiger charge is -2.18. The van der Waals surface area contributed by atoms with Crippen molar-refractivity contribution in [3.63, 3.8) is 0 Å². The van der Waals surface area contributed by atoms with Gasteiger partial charge >= 0.3 is 0 Å². The highest BCUT2D eigenvalue weighted by atomic mass is 16.2. The molecule has 0 bridgehead atoms. The van der Waals surface area contributed by atoms with Crippen molar-refractivity contribution < 1.29 is 4.79 Å². The minimum absolute atomic E-state index is 0.234. The summed E-state index contributed by atoms with van der Waals surface area (Å²) in [5.41, 5.74) is 2.19. The Balaban J connectivity index is 1.21. The van der Waals surface area contributed by atoms with Crippen molar-refractivity contribution in [2.45, 2.75) is 44.7 Å². The second-order valence-corrected chi connectivity index (χ2v) is 8.00. The van der Waals surface area contributed by atoms with Gasteiger partial charge in [0.2, 0.25) is 5.91 Å². The Hall–Kier alpha value is -2.08. The largest absolute Gasteiger partial charge is 0.356 e. The zero-order valence-electron chi connectivity index (χ0n) is 16.3. The molecule has 1 unspecified atom stereocenters. The molecule has 2 aliphatic heterocycles. The van der Waals surface area contributed by atoms with Gasteiger partial charge in [-0.15, -0.1) is 0 Å². The van der Waals surface area contributed by atoms with E-state index in [0.717, 1.165) is 49.7 Å². The number of anilines is 1. The van der Waals surface area contributed by atoms with Gasteiger partial charge < -0.3 is 20.4 Å². The van der Waals surface area contributed by atoms with E-state index in [1.165, 1.54) is 37.9 Å². The average Bonchev–Trinajstić information content (AvgIpc) is 3.28. The molecule has 2 heterocycles. The molecular formula is C21H31N5O. The van der Waals surface area contributed by atoms with Gasteiger partial charge in [0.1, 0.15) is 0 Å². The first-order chi connectivity index (χ1) is 13.2. The highest BCUT2D eigenvalue weighted by Gasteiger charge is 2.34. The van der Waals surface area contributed by atoms with Crippen LogP contribution in [0.5, 0.6) is 0 Å². The van der Waals surface area contributed by atoms with Crippen molar-refractivity contribution in [3.8, 4) is 0 Å². The number of hydrogen-bond donors (Lipinski definition) is 2. The number of carbonyl (C=O) groups excluding carboxylic acids is 1. The summed E-state index contributed by atoms with van der Waals surface area (Å²) in [5.74, 6) is 1.82. The number of carbonyl (C=O) groups is 1. The van der Waals surface area contributed by atoms with Gasteiger partial charge in [-0.2, -0.15) is 0 Å². The van der Waals surface area contributed by atoms with Crippen LogP contribution in [-0.2, 0) is 11.3 Å². The number of nitrogens with one attached hydrogen (secondary N) is 2. The van der Waals surface area contributed by atoms with Gasteiger partial charge in [-0.05, 0) is 55.8 Å². The van der Waals surface area contributed by atoms with Crippen molar-refractivity contribution in [2.75, 3.05) is 38.1 Å². The lowest BCUT2D eigenvalue weighted by molar-refractivity contribution is -0.117. The van der Waals surface area contributed by atoms with E-state index in [4.69, 9.17) is 0 Å². The molecule has 1 aromatic rings. The van der Waals surface area contributed by atoms with Gasteiger partial charge in [-0.1, -0.05) is 12.1 Å². The molecule has 2 saturated heterocycles. The summed E-state index contributed by atoms with van der Waals surface area (Å²) in [7, 11) is 1.82. The molecule has 1 aromatic carbocycles. The molecule has 4 rings (SSSR count). The number of nitrogens with zero attached hydrogens (tertiary/aromatic N) is 3. The molecule has 1 aliphatic carbocycles. The first-order valence-corrected chi connectivity index (χ1v) is 10.3. The molecule has 27 heavy (non-hydrogen) atoms. The predicted molar refractivity (Wildman–Crippen MR) is 109 cm³/mol. The Kier molecular flexibility index (Phi) is 5.62. The van der Waals surface area contributed by atoms with E-state index in [1.54, 1.807) is 0 Å². The zero-order chi connectivity index (χ0) is 18.6. The number of guanidine groups is 1. The smallest absolute Gasteiger partial charge is 0.227 e. The van der Waals surface area contributed by atoms with E-state index >= 15 is 0 Å². The maximum Gasteiger partial charge on any atom is 0.227 e. The molecular weight excluding hydrogens is 338 g/mol. The van der Waals surface area contributed by atoms with Gasteiger partial charge in [-0.25, -0.2) is 0 Å².